The van der Waals surface area contributed by atoms with E-state index in [4.69, 9.17) is 22.1 Å². The van der Waals surface area contributed by atoms with E-state index in [0.717, 1.165) is 30.0 Å². The Morgan fingerprint density at radius 2 is 2.25 bits per heavy atom. The molecule has 1 fully saturated rings. The molecular weight excluding hydrogens is 222 g/mol. The first-order valence-electron chi connectivity index (χ1n) is 5.65. The molecule has 0 aliphatic heterocycles. The molecule has 2 rings (SSSR count). The van der Waals surface area contributed by atoms with Crippen LogP contribution in [0.25, 0.3) is 0 Å². The van der Waals surface area contributed by atoms with E-state index in [1.807, 2.05) is 18.2 Å². The van der Waals surface area contributed by atoms with Gasteiger partial charge in [-0.2, -0.15) is 0 Å². The Bertz CT molecular complexity index is 394. The van der Waals surface area contributed by atoms with Crippen LogP contribution >= 0.6 is 11.6 Å². The summed E-state index contributed by atoms with van der Waals surface area (Å²) in [5.74, 6) is 0.918. The molecule has 16 heavy (non-hydrogen) atoms. The summed E-state index contributed by atoms with van der Waals surface area (Å²) in [5.41, 5.74) is 7.30. The van der Waals surface area contributed by atoms with Gasteiger partial charge < -0.3 is 10.5 Å². The minimum atomic E-state index is 0.107. The van der Waals surface area contributed by atoms with Crippen LogP contribution in [0.3, 0.4) is 0 Å². The van der Waals surface area contributed by atoms with E-state index in [1.165, 1.54) is 5.56 Å². The van der Waals surface area contributed by atoms with Crippen molar-refractivity contribution in [1.29, 1.82) is 0 Å². The van der Waals surface area contributed by atoms with Crippen molar-refractivity contribution in [2.24, 2.45) is 5.73 Å². The van der Waals surface area contributed by atoms with Gasteiger partial charge in [-0.1, -0.05) is 18.5 Å². The van der Waals surface area contributed by atoms with E-state index < -0.39 is 0 Å². The number of nitrogens with two attached hydrogens (primary N) is 1. The number of benzene rings is 1. The Hall–Kier alpha value is -0.730. The number of hydrogen-bond acceptors (Lipinski definition) is 2. The van der Waals surface area contributed by atoms with E-state index in [2.05, 4.69) is 6.92 Å². The highest BCUT2D eigenvalue weighted by Crippen LogP contribution is 2.44. The van der Waals surface area contributed by atoms with E-state index in [9.17, 15) is 0 Å². The average molecular weight is 240 g/mol. The summed E-state index contributed by atoms with van der Waals surface area (Å²) in [7, 11) is 1.70. The van der Waals surface area contributed by atoms with E-state index in [-0.39, 0.29) is 5.41 Å². The lowest BCUT2D eigenvalue weighted by Gasteiger charge is -2.26. The van der Waals surface area contributed by atoms with Crippen molar-refractivity contribution in [2.75, 3.05) is 7.11 Å². The summed E-state index contributed by atoms with van der Waals surface area (Å²) in [4.78, 5) is 0. The molecule has 2 atom stereocenters. The molecule has 2 nitrogen and oxygen atoms in total. The van der Waals surface area contributed by atoms with Crippen LogP contribution in [-0.4, -0.2) is 13.2 Å². The van der Waals surface area contributed by atoms with Crippen molar-refractivity contribution in [1.82, 2.24) is 0 Å². The molecule has 1 saturated carbocycles. The molecule has 0 saturated heterocycles. The van der Waals surface area contributed by atoms with Crippen LogP contribution in [0.1, 0.15) is 31.7 Å². The van der Waals surface area contributed by atoms with Crippen LogP contribution in [0.5, 0.6) is 5.75 Å². The van der Waals surface area contributed by atoms with Crippen LogP contribution in [0.4, 0.5) is 0 Å². The minimum Gasteiger partial charge on any atom is -0.496 e. The fourth-order valence-corrected chi connectivity index (χ4v) is 2.86. The Balaban J connectivity index is 2.42. The Labute approximate surface area is 102 Å². The summed E-state index contributed by atoms with van der Waals surface area (Å²) in [6.07, 6.45) is 3.18. The molecule has 0 heterocycles. The van der Waals surface area contributed by atoms with Crippen molar-refractivity contribution in [3.8, 4) is 5.75 Å². The Morgan fingerprint density at radius 3 is 2.81 bits per heavy atom. The molecule has 2 unspecified atom stereocenters. The standard InChI is InChI=1S/C13H18ClNO/c1-13(6-5-10(15)8-13)11-7-9(14)3-4-12(11)16-2/h3-4,7,10H,5-6,8,15H2,1-2H3. The first-order valence-corrected chi connectivity index (χ1v) is 6.02. The zero-order chi connectivity index (χ0) is 11.8. The maximum absolute atomic E-state index is 6.06. The lowest BCUT2D eigenvalue weighted by Crippen LogP contribution is -2.23. The van der Waals surface area contributed by atoms with Gasteiger partial charge in [-0.25, -0.2) is 0 Å². The maximum Gasteiger partial charge on any atom is 0.122 e. The molecule has 0 aromatic heterocycles. The first kappa shape index (κ1) is 11.7. The molecule has 1 aliphatic carbocycles. The van der Waals surface area contributed by atoms with Gasteiger partial charge in [-0.15, -0.1) is 0 Å². The molecule has 88 valence electrons. The molecule has 2 N–H and O–H groups in total. The Morgan fingerprint density at radius 1 is 1.50 bits per heavy atom. The maximum atomic E-state index is 6.06. The molecule has 0 spiro atoms. The predicted octanol–water partition coefficient (Wildman–Crippen LogP) is 3.12. The molecule has 1 aromatic carbocycles. The fraction of sp³-hybridized carbons (Fsp3) is 0.538. The molecule has 1 aromatic rings. The van der Waals surface area contributed by atoms with Gasteiger partial charge in [0, 0.05) is 16.6 Å². The number of rotatable bonds is 2. The summed E-state index contributed by atoms with van der Waals surface area (Å²) < 4.78 is 5.41. The minimum absolute atomic E-state index is 0.107. The van der Waals surface area contributed by atoms with E-state index in [0.29, 0.717) is 6.04 Å². The second-order valence-electron chi connectivity index (χ2n) is 4.91. The van der Waals surface area contributed by atoms with Crippen molar-refractivity contribution >= 4 is 11.6 Å². The highest BCUT2D eigenvalue weighted by Gasteiger charge is 2.37. The predicted molar refractivity (Wildman–Crippen MR) is 67.2 cm³/mol. The lowest BCUT2D eigenvalue weighted by molar-refractivity contribution is 0.385. The second-order valence-corrected chi connectivity index (χ2v) is 5.34. The zero-order valence-corrected chi connectivity index (χ0v) is 10.6. The van der Waals surface area contributed by atoms with Crippen molar-refractivity contribution < 1.29 is 4.74 Å². The van der Waals surface area contributed by atoms with Gasteiger partial charge >= 0.3 is 0 Å². The fourth-order valence-electron chi connectivity index (χ4n) is 2.68. The lowest BCUT2D eigenvalue weighted by atomic mass is 9.80. The molecule has 0 bridgehead atoms. The molecule has 0 radical (unpaired) electrons. The number of methoxy groups -OCH3 is 1. The summed E-state index contributed by atoms with van der Waals surface area (Å²) in [6, 6.07) is 6.11. The highest BCUT2D eigenvalue weighted by molar-refractivity contribution is 6.30. The Kier molecular flexibility index (Phi) is 3.13. The third-order valence-electron chi connectivity index (χ3n) is 3.59. The normalized spacial score (nSPS) is 29.4. The van der Waals surface area contributed by atoms with Crippen molar-refractivity contribution in [3.05, 3.63) is 28.8 Å². The van der Waals surface area contributed by atoms with Crippen LogP contribution in [0.2, 0.25) is 5.02 Å². The zero-order valence-electron chi connectivity index (χ0n) is 9.79. The molecule has 0 amide bonds. The summed E-state index contributed by atoms with van der Waals surface area (Å²) >= 11 is 6.06. The third kappa shape index (κ3) is 2.04. The topological polar surface area (TPSA) is 35.2 Å². The number of ether oxygens (including phenoxy) is 1. The molecule has 3 heteroatoms. The van der Waals surface area contributed by atoms with Gasteiger partial charge in [-0.05, 0) is 42.9 Å². The number of halogens is 1. The van der Waals surface area contributed by atoms with Gasteiger partial charge in [0.05, 0.1) is 7.11 Å². The van der Waals surface area contributed by atoms with Gasteiger partial charge in [0.25, 0.3) is 0 Å². The first-order chi connectivity index (χ1) is 7.55. The quantitative estimate of drug-likeness (QED) is 0.861. The van der Waals surface area contributed by atoms with Crippen LogP contribution in [0, 0.1) is 0 Å². The summed E-state index contributed by atoms with van der Waals surface area (Å²) in [5, 5.41) is 0.762. The van der Waals surface area contributed by atoms with Crippen LogP contribution in [-0.2, 0) is 5.41 Å². The van der Waals surface area contributed by atoms with Gasteiger partial charge in [-0.3, -0.25) is 0 Å². The molecule has 1 aliphatic rings. The second kappa shape index (κ2) is 4.27. The number of hydrogen-bond donors (Lipinski definition) is 1. The average Bonchev–Trinajstić information content (AvgIpc) is 2.60. The van der Waals surface area contributed by atoms with Crippen molar-refractivity contribution in [2.45, 2.75) is 37.6 Å². The smallest absolute Gasteiger partial charge is 0.122 e. The molecular formula is C13H18ClNO. The van der Waals surface area contributed by atoms with Gasteiger partial charge in [0.15, 0.2) is 0 Å². The summed E-state index contributed by atoms with van der Waals surface area (Å²) in [6.45, 7) is 2.24. The van der Waals surface area contributed by atoms with Gasteiger partial charge in [0.1, 0.15) is 5.75 Å². The van der Waals surface area contributed by atoms with Gasteiger partial charge in [0.2, 0.25) is 0 Å². The largest absolute Gasteiger partial charge is 0.496 e. The highest BCUT2D eigenvalue weighted by atomic mass is 35.5. The van der Waals surface area contributed by atoms with E-state index in [1.54, 1.807) is 7.11 Å². The SMILES string of the molecule is COc1ccc(Cl)cc1C1(C)CCC(N)C1. The van der Waals surface area contributed by atoms with Crippen LogP contribution in [0.15, 0.2) is 18.2 Å². The van der Waals surface area contributed by atoms with Crippen LogP contribution < -0.4 is 10.5 Å². The van der Waals surface area contributed by atoms with E-state index >= 15 is 0 Å². The third-order valence-corrected chi connectivity index (χ3v) is 3.83. The van der Waals surface area contributed by atoms with Crippen molar-refractivity contribution in [3.63, 3.8) is 0 Å². The monoisotopic (exact) mass is 239 g/mol.